The molecule has 2 aromatic rings. The lowest BCUT2D eigenvalue weighted by atomic mass is 10.1. The van der Waals surface area contributed by atoms with E-state index in [9.17, 15) is 9.59 Å². The molecule has 0 unspecified atom stereocenters. The number of rotatable bonds is 8. The van der Waals surface area contributed by atoms with Crippen LogP contribution in [0.2, 0.25) is 0 Å². The fourth-order valence-electron chi connectivity index (χ4n) is 2.40. The Bertz CT molecular complexity index is 759. The van der Waals surface area contributed by atoms with Gasteiger partial charge in [0.05, 0.1) is 19.8 Å². The first-order chi connectivity index (χ1) is 12.5. The average molecular weight is 358 g/mol. The number of aromatic carboxylic acids is 1. The molecule has 2 amide bonds. The van der Waals surface area contributed by atoms with Crippen molar-refractivity contribution in [2.75, 3.05) is 20.8 Å². The third kappa shape index (κ3) is 5.41. The number of carboxylic acid groups (broad SMARTS) is 1. The van der Waals surface area contributed by atoms with Crippen molar-refractivity contribution >= 4 is 12.0 Å². The number of methoxy groups -OCH3 is 2. The number of ether oxygens (including phenoxy) is 2. The first-order valence-electron chi connectivity index (χ1n) is 8.08. The number of carbonyl (C=O) groups excluding carboxylic acids is 1. The lowest BCUT2D eigenvalue weighted by Crippen LogP contribution is -2.36. The summed E-state index contributed by atoms with van der Waals surface area (Å²) < 4.78 is 10.5. The molecule has 0 saturated heterocycles. The van der Waals surface area contributed by atoms with Gasteiger partial charge >= 0.3 is 12.0 Å². The zero-order valence-electron chi connectivity index (χ0n) is 14.7. The Morgan fingerprint density at radius 3 is 2.35 bits per heavy atom. The topological polar surface area (TPSA) is 96.9 Å². The minimum absolute atomic E-state index is 0.213. The Morgan fingerprint density at radius 2 is 1.73 bits per heavy atom. The third-order valence-electron chi connectivity index (χ3n) is 3.82. The Kier molecular flexibility index (Phi) is 6.84. The molecule has 0 saturated carbocycles. The predicted octanol–water partition coefficient (Wildman–Crippen LogP) is 2.44. The van der Waals surface area contributed by atoms with Gasteiger partial charge in [-0.25, -0.2) is 9.59 Å². The van der Waals surface area contributed by atoms with Crippen LogP contribution in [-0.4, -0.2) is 37.9 Å². The summed E-state index contributed by atoms with van der Waals surface area (Å²) in [5.41, 5.74) is 1.97. The quantitative estimate of drug-likeness (QED) is 0.673. The zero-order chi connectivity index (χ0) is 18.9. The van der Waals surface area contributed by atoms with Crippen molar-refractivity contribution in [3.05, 3.63) is 59.2 Å². The summed E-state index contributed by atoms with van der Waals surface area (Å²) in [6, 6.07) is 11.6. The number of hydrogen-bond donors (Lipinski definition) is 3. The van der Waals surface area contributed by atoms with E-state index in [0.717, 1.165) is 22.6 Å². The molecular formula is C19H22N2O5. The monoisotopic (exact) mass is 358 g/mol. The van der Waals surface area contributed by atoms with E-state index < -0.39 is 5.97 Å². The molecular weight excluding hydrogens is 336 g/mol. The van der Waals surface area contributed by atoms with Crippen LogP contribution in [0, 0.1) is 0 Å². The van der Waals surface area contributed by atoms with Crippen molar-refractivity contribution in [1.29, 1.82) is 0 Å². The van der Waals surface area contributed by atoms with Gasteiger partial charge in [-0.3, -0.25) is 0 Å². The number of nitrogens with one attached hydrogen (secondary N) is 2. The summed E-state index contributed by atoms with van der Waals surface area (Å²) in [4.78, 5) is 22.7. The van der Waals surface area contributed by atoms with Crippen LogP contribution in [0.4, 0.5) is 4.79 Å². The molecule has 138 valence electrons. The molecule has 0 aliphatic carbocycles. The van der Waals surface area contributed by atoms with Crippen LogP contribution in [-0.2, 0) is 13.0 Å². The summed E-state index contributed by atoms with van der Waals surface area (Å²) in [6.45, 7) is 0.752. The Labute approximate surface area is 151 Å². The normalized spacial score (nSPS) is 10.1. The first kappa shape index (κ1) is 19.1. The van der Waals surface area contributed by atoms with Gasteiger partial charge in [0.2, 0.25) is 0 Å². The Balaban J connectivity index is 1.79. The molecule has 0 heterocycles. The van der Waals surface area contributed by atoms with Crippen molar-refractivity contribution in [3.63, 3.8) is 0 Å². The van der Waals surface area contributed by atoms with Gasteiger partial charge in [0, 0.05) is 13.1 Å². The van der Waals surface area contributed by atoms with E-state index in [4.69, 9.17) is 14.6 Å². The molecule has 7 heteroatoms. The predicted molar refractivity (Wildman–Crippen MR) is 96.9 cm³/mol. The van der Waals surface area contributed by atoms with Crippen LogP contribution in [0.5, 0.6) is 11.5 Å². The number of benzene rings is 2. The molecule has 0 radical (unpaired) electrons. The highest BCUT2D eigenvalue weighted by Crippen LogP contribution is 2.24. The second-order valence-electron chi connectivity index (χ2n) is 5.54. The van der Waals surface area contributed by atoms with Gasteiger partial charge in [0.1, 0.15) is 11.5 Å². The lowest BCUT2D eigenvalue weighted by molar-refractivity contribution is 0.0697. The molecule has 0 aromatic heterocycles. The first-order valence-corrected chi connectivity index (χ1v) is 8.08. The highest BCUT2D eigenvalue weighted by Gasteiger charge is 2.07. The van der Waals surface area contributed by atoms with E-state index in [1.807, 2.05) is 18.2 Å². The van der Waals surface area contributed by atoms with Crippen molar-refractivity contribution in [1.82, 2.24) is 10.6 Å². The van der Waals surface area contributed by atoms with Gasteiger partial charge in [0.15, 0.2) is 0 Å². The van der Waals surface area contributed by atoms with Crippen molar-refractivity contribution in [2.24, 2.45) is 0 Å². The molecule has 0 aliphatic heterocycles. The SMILES string of the molecule is COc1ccc(OC)c(CCNC(=O)NCc2ccc(C(=O)O)cc2)c1. The van der Waals surface area contributed by atoms with Gasteiger partial charge in [-0.15, -0.1) is 0 Å². The van der Waals surface area contributed by atoms with Gasteiger partial charge in [-0.05, 0) is 47.9 Å². The van der Waals surface area contributed by atoms with Gasteiger partial charge in [-0.2, -0.15) is 0 Å². The maximum atomic E-state index is 11.9. The molecule has 7 nitrogen and oxygen atoms in total. The van der Waals surface area contributed by atoms with Gasteiger partial charge in [0.25, 0.3) is 0 Å². The highest BCUT2D eigenvalue weighted by molar-refractivity contribution is 5.87. The van der Waals surface area contributed by atoms with Crippen molar-refractivity contribution < 1.29 is 24.2 Å². The molecule has 2 aromatic carbocycles. The maximum absolute atomic E-state index is 11.9. The Hall–Kier alpha value is -3.22. The molecule has 0 spiro atoms. The van der Waals surface area contributed by atoms with Gasteiger partial charge in [-0.1, -0.05) is 12.1 Å². The molecule has 0 bridgehead atoms. The van der Waals surface area contributed by atoms with E-state index in [-0.39, 0.29) is 11.6 Å². The molecule has 26 heavy (non-hydrogen) atoms. The number of urea groups is 1. The largest absolute Gasteiger partial charge is 0.497 e. The summed E-state index contributed by atoms with van der Waals surface area (Å²) >= 11 is 0. The Morgan fingerprint density at radius 1 is 1.00 bits per heavy atom. The van der Waals surface area contributed by atoms with E-state index in [1.165, 1.54) is 12.1 Å². The summed E-state index contributed by atoms with van der Waals surface area (Å²) in [5, 5.41) is 14.4. The van der Waals surface area contributed by atoms with Crippen LogP contribution >= 0.6 is 0 Å². The van der Waals surface area contributed by atoms with Crippen LogP contribution < -0.4 is 20.1 Å². The van der Waals surface area contributed by atoms with E-state index in [2.05, 4.69) is 10.6 Å². The smallest absolute Gasteiger partial charge is 0.335 e. The molecule has 2 rings (SSSR count). The minimum atomic E-state index is -0.977. The average Bonchev–Trinajstić information content (AvgIpc) is 2.66. The number of amides is 2. The summed E-state index contributed by atoms with van der Waals surface area (Å²) in [6.07, 6.45) is 0.598. The highest BCUT2D eigenvalue weighted by atomic mass is 16.5. The van der Waals surface area contributed by atoms with E-state index in [1.54, 1.807) is 26.4 Å². The van der Waals surface area contributed by atoms with Crippen LogP contribution in [0.3, 0.4) is 0 Å². The minimum Gasteiger partial charge on any atom is -0.497 e. The second-order valence-corrected chi connectivity index (χ2v) is 5.54. The van der Waals surface area contributed by atoms with Gasteiger partial charge < -0.3 is 25.2 Å². The van der Waals surface area contributed by atoms with Crippen molar-refractivity contribution in [2.45, 2.75) is 13.0 Å². The van der Waals surface area contributed by atoms with E-state index in [0.29, 0.717) is 19.5 Å². The number of carboxylic acids is 1. The van der Waals surface area contributed by atoms with Crippen LogP contribution in [0.25, 0.3) is 0 Å². The number of hydrogen-bond acceptors (Lipinski definition) is 4. The molecule has 0 fully saturated rings. The summed E-state index contributed by atoms with van der Waals surface area (Å²) in [5.74, 6) is 0.497. The van der Waals surface area contributed by atoms with E-state index >= 15 is 0 Å². The molecule has 0 aliphatic rings. The molecule has 3 N–H and O–H groups in total. The second kappa shape index (κ2) is 9.31. The lowest BCUT2D eigenvalue weighted by Gasteiger charge is -2.11. The number of carbonyl (C=O) groups is 2. The third-order valence-corrected chi connectivity index (χ3v) is 3.82. The fourth-order valence-corrected chi connectivity index (χ4v) is 2.40. The van der Waals surface area contributed by atoms with Crippen LogP contribution in [0.15, 0.2) is 42.5 Å². The zero-order valence-corrected chi connectivity index (χ0v) is 14.7. The molecule has 0 atom stereocenters. The maximum Gasteiger partial charge on any atom is 0.335 e. The van der Waals surface area contributed by atoms with Crippen molar-refractivity contribution in [3.8, 4) is 11.5 Å². The summed E-state index contributed by atoms with van der Waals surface area (Å²) in [7, 11) is 3.20. The van der Waals surface area contributed by atoms with Crippen LogP contribution in [0.1, 0.15) is 21.5 Å². The standard InChI is InChI=1S/C19H22N2O5/c1-25-16-7-8-17(26-2)15(11-16)9-10-20-19(24)21-12-13-3-5-14(6-4-13)18(22)23/h3-8,11H,9-10,12H2,1-2H3,(H,22,23)(H2,20,21,24). The fraction of sp³-hybridized carbons (Fsp3) is 0.263.